The van der Waals surface area contributed by atoms with Gasteiger partial charge in [0.05, 0.1) is 7.11 Å². The predicted octanol–water partition coefficient (Wildman–Crippen LogP) is 1.71. The highest BCUT2D eigenvalue weighted by Crippen LogP contribution is 2.36. The van der Waals surface area contributed by atoms with E-state index in [1.807, 2.05) is 0 Å². The van der Waals surface area contributed by atoms with Gasteiger partial charge in [0.15, 0.2) is 0 Å². The van der Waals surface area contributed by atoms with Crippen molar-refractivity contribution in [1.29, 1.82) is 0 Å². The van der Waals surface area contributed by atoms with Crippen LogP contribution in [0.2, 0.25) is 0 Å². The summed E-state index contributed by atoms with van der Waals surface area (Å²) in [6.45, 7) is 1.66. The number of rotatable bonds is 4. The molecule has 1 atom stereocenters. The van der Waals surface area contributed by atoms with Crippen LogP contribution >= 0.6 is 0 Å². The summed E-state index contributed by atoms with van der Waals surface area (Å²) in [7, 11) is -2.54. The lowest BCUT2D eigenvalue weighted by Crippen LogP contribution is -2.57. The first kappa shape index (κ1) is 15.8. The second kappa shape index (κ2) is 5.65. The zero-order valence-corrected chi connectivity index (χ0v) is 12.9. The predicted molar refractivity (Wildman–Crippen MR) is 76.8 cm³/mol. The number of piperidine rings is 1. The molecular formula is C14H19NO5S. The van der Waals surface area contributed by atoms with E-state index < -0.39 is 21.5 Å². The van der Waals surface area contributed by atoms with Crippen LogP contribution in [0, 0.1) is 0 Å². The van der Waals surface area contributed by atoms with Crippen LogP contribution in [0.25, 0.3) is 0 Å². The second-order valence-corrected chi connectivity index (χ2v) is 7.09. The molecule has 116 valence electrons. The Morgan fingerprint density at radius 2 is 2.00 bits per heavy atom. The standard InChI is InChI=1S/C14H19NO5S/c1-14(13(16)17)9-5-6-10-15(14)21(18,19)12-8-4-3-7-11(12)20-2/h3-4,7-8H,5-6,9-10H2,1-2H3,(H,16,17). The number of carboxylic acid groups (broad SMARTS) is 1. The number of hydrogen-bond acceptors (Lipinski definition) is 4. The lowest BCUT2D eigenvalue weighted by molar-refractivity contribution is -0.149. The molecule has 1 aromatic rings. The summed E-state index contributed by atoms with van der Waals surface area (Å²) in [6.07, 6.45) is 1.65. The first-order valence-electron chi connectivity index (χ1n) is 6.73. The van der Waals surface area contributed by atoms with E-state index in [1.165, 1.54) is 20.1 Å². The Balaban J connectivity index is 2.54. The molecule has 1 aliphatic rings. The average molecular weight is 313 g/mol. The summed E-state index contributed by atoms with van der Waals surface area (Å²) >= 11 is 0. The summed E-state index contributed by atoms with van der Waals surface area (Å²) in [4.78, 5) is 11.6. The van der Waals surface area contributed by atoms with Crippen molar-refractivity contribution >= 4 is 16.0 Å². The second-order valence-electron chi connectivity index (χ2n) is 5.26. The Hall–Kier alpha value is -1.60. The van der Waals surface area contributed by atoms with Crippen molar-refractivity contribution in [3.63, 3.8) is 0 Å². The number of carboxylic acids is 1. The topological polar surface area (TPSA) is 83.9 Å². The van der Waals surface area contributed by atoms with E-state index >= 15 is 0 Å². The molecule has 1 N–H and O–H groups in total. The number of carbonyl (C=O) groups is 1. The van der Waals surface area contributed by atoms with E-state index in [-0.39, 0.29) is 17.2 Å². The molecule has 1 aromatic carbocycles. The van der Waals surface area contributed by atoms with Crippen LogP contribution in [0.1, 0.15) is 26.2 Å². The third-order valence-electron chi connectivity index (χ3n) is 3.92. The summed E-state index contributed by atoms with van der Waals surface area (Å²) in [5, 5.41) is 9.47. The third kappa shape index (κ3) is 2.63. The molecule has 1 fully saturated rings. The number of benzene rings is 1. The number of methoxy groups -OCH3 is 1. The van der Waals surface area contributed by atoms with Gasteiger partial charge in [-0.25, -0.2) is 8.42 Å². The van der Waals surface area contributed by atoms with Crippen LogP contribution in [-0.2, 0) is 14.8 Å². The molecule has 1 saturated heterocycles. The Kier molecular flexibility index (Phi) is 4.25. The number of sulfonamides is 1. The van der Waals surface area contributed by atoms with Gasteiger partial charge in [0, 0.05) is 6.54 Å². The fraction of sp³-hybridized carbons (Fsp3) is 0.500. The molecule has 0 bridgehead atoms. The van der Waals surface area contributed by atoms with Gasteiger partial charge < -0.3 is 9.84 Å². The molecular weight excluding hydrogens is 294 g/mol. The van der Waals surface area contributed by atoms with Gasteiger partial charge in [-0.2, -0.15) is 4.31 Å². The Morgan fingerprint density at radius 1 is 1.33 bits per heavy atom. The van der Waals surface area contributed by atoms with Gasteiger partial charge in [0.1, 0.15) is 16.2 Å². The van der Waals surface area contributed by atoms with Crippen LogP contribution in [0.4, 0.5) is 0 Å². The zero-order valence-electron chi connectivity index (χ0n) is 12.1. The maximum absolute atomic E-state index is 12.9. The number of ether oxygens (including phenoxy) is 1. The first-order valence-corrected chi connectivity index (χ1v) is 8.17. The fourth-order valence-electron chi connectivity index (χ4n) is 2.65. The minimum Gasteiger partial charge on any atom is -0.495 e. The Bertz CT molecular complexity index is 643. The van der Waals surface area contributed by atoms with E-state index in [1.54, 1.807) is 18.2 Å². The molecule has 6 nitrogen and oxygen atoms in total. The third-order valence-corrected chi connectivity index (χ3v) is 5.98. The van der Waals surface area contributed by atoms with Crippen LogP contribution in [0.5, 0.6) is 5.75 Å². The van der Waals surface area contributed by atoms with Gasteiger partial charge in [0.2, 0.25) is 10.0 Å². The molecule has 1 heterocycles. The minimum absolute atomic E-state index is 0.00174. The number of aliphatic carboxylic acids is 1. The highest BCUT2D eigenvalue weighted by molar-refractivity contribution is 7.89. The van der Waals surface area contributed by atoms with Crippen LogP contribution in [-0.4, -0.2) is 43.0 Å². The van der Waals surface area contributed by atoms with Crippen molar-refractivity contribution in [3.8, 4) is 5.75 Å². The van der Waals surface area contributed by atoms with E-state index in [0.29, 0.717) is 19.3 Å². The van der Waals surface area contributed by atoms with Gasteiger partial charge in [-0.15, -0.1) is 0 Å². The van der Waals surface area contributed by atoms with Crippen molar-refractivity contribution in [2.45, 2.75) is 36.6 Å². The molecule has 0 aromatic heterocycles. The van der Waals surface area contributed by atoms with E-state index in [0.717, 1.165) is 4.31 Å². The van der Waals surface area contributed by atoms with Crippen molar-refractivity contribution < 1.29 is 23.1 Å². The Morgan fingerprint density at radius 3 is 2.62 bits per heavy atom. The largest absolute Gasteiger partial charge is 0.495 e. The van der Waals surface area contributed by atoms with Gasteiger partial charge in [-0.1, -0.05) is 12.1 Å². The van der Waals surface area contributed by atoms with Gasteiger partial charge in [-0.05, 0) is 38.3 Å². The molecule has 21 heavy (non-hydrogen) atoms. The quantitative estimate of drug-likeness (QED) is 0.915. The van der Waals surface area contributed by atoms with Crippen LogP contribution in [0.15, 0.2) is 29.2 Å². The van der Waals surface area contributed by atoms with Crippen molar-refractivity contribution in [2.75, 3.05) is 13.7 Å². The smallest absolute Gasteiger partial charge is 0.324 e. The van der Waals surface area contributed by atoms with Crippen molar-refractivity contribution in [3.05, 3.63) is 24.3 Å². The normalized spacial score (nSPS) is 23.7. The molecule has 0 saturated carbocycles. The number of nitrogens with zero attached hydrogens (tertiary/aromatic N) is 1. The summed E-state index contributed by atoms with van der Waals surface area (Å²) in [5.41, 5.74) is -1.42. The monoisotopic (exact) mass is 313 g/mol. The summed E-state index contributed by atoms with van der Waals surface area (Å²) < 4.78 is 31.9. The number of hydrogen-bond donors (Lipinski definition) is 1. The zero-order chi connectivity index (χ0) is 15.7. The summed E-state index contributed by atoms with van der Waals surface area (Å²) in [6, 6.07) is 6.25. The van der Waals surface area contributed by atoms with Gasteiger partial charge in [0.25, 0.3) is 0 Å². The highest BCUT2D eigenvalue weighted by Gasteiger charge is 2.48. The lowest BCUT2D eigenvalue weighted by Gasteiger charge is -2.40. The maximum atomic E-state index is 12.9. The van der Waals surface area contributed by atoms with E-state index in [4.69, 9.17) is 4.74 Å². The van der Waals surface area contributed by atoms with Crippen LogP contribution in [0.3, 0.4) is 0 Å². The molecule has 1 aliphatic heterocycles. The first-order chi connectivity index (χ1) is 9.84. The SMILES string of the molecule is COc1ccccc1S(=O)(=O)N1CCCCC1(C)C(=O)O. The molecule has 0 radical (unpaired) electrons. The van der Waals surface area contributed by atoms with Crippen LogP contribution < -0.4 is 4.74 Å². The van der Waals surface area contributed by atoms with E-state index in [2.05, 4.69) is 0 Å². The van der Waals surface area contributed by atoms with Gasteiger partial charge >= 0.3 is 5.97 Å². The number of para-hydroxylation sites is 1. The minimum atomic E-state index is -3.93. The van der Waals surface area contributed by atoms with Gasteiger partial charge in [-0.3, -0.25) is 4.79 Å². The highest BCUT2D eigenvalue weighted by atomic mass is 32.2. The maximum Gasteiger partial charge on any atom is 0.324 e. The molecule has 7 heteroatoms. The lowest BCUT2D eigenvalue weighted by atomic mass is 9.91. The van der Waals surface area contributed by atoms with Crippen molar-refractivity contribution in [1.82, 2.24) is 4.31 Å². The molecule has 2 rings (SSSR count). The summed E-state index contributed by atoms with van der Waals surface area (Å²) in [5.74, 6) is -0.906. The fourth-order valence-corrected chi connectivity index (χ4v) is 4.61. The average Bonchev–Trinajstić information content (AvgIpc) is 2.47. The molecule has 0 spiro atoms. The molecule has 0 amide bonds. The van der Waals surface area contributed by atoms with Crippen molar-refractivity contribution in [2.24, 2.45) is 0 Å². The Labute approximate surface area is 124 Å². The molecule has 1 unspecified atom stereocenters. The van der Waals surface area contributed by atoms with E-state index in [9.17, 15) is 18.3 Å². The molecule has 0 aliphatic carbocycles.